The average molecular weight is 516 g/mol. The van der Waals surface area contributed by atoms with Crippen molar-refractivity contribution in [2.45, 2.75) is 39.1 Å². The highest BCUT2D eigenvalue weighted by Gasteiger charge is 2.44. The number of halogens is 4. The zero-order valence-electron chi connectivity index (χ0n) is 19.5. The van der Waals surface area contributed by atoms with Gasteiger partial charge in [-0.15, -0.1) is 18.3 Å². The third kappa shape index (κ3) is 5.11. The molecule has 1 aliphatic rings. The number of alkyl halides is 3. The number of anilines is 1. The van der Waals surface area contributed by atoms with Gasteiger partial charge >= 0.3 is 6.36 Å². The number of hydrogen-bond acceptors (Lipinski definition) is 5. The quantitative estimate of drug-likeness (QED) is 0.362. The van der Waals surface area contributed by atoms with Crippen LogP contribution in [-0.4, -0.2) is 28.3 Å². The molecule has 0 saturated carbocycles. The van der Waals surface area contributed by atoms with Crippen LogP contribution in [0.15, 0.2) is 71.3 Å². The highest BCUT2D eigenvalue weighted by atomic mass is 35.5. The predicted octanol–water partition coefficient (Wildman–Crippen LogP) is 6.27. The normalized spacial score (nSPS) is 16.2. The Hall–Kier alpha value is -3.72. The second-order valence-electron chi connectivity index (χ2n) is 8.56. The lowest BCUT2D eigenvalue weighted by molar-refractivity contribution is -0.274. The summed E-state index contributed by atoms with van der Waals surface area (Å²) in [6.45, 7) is 5.77. The number of aromatic nitrogens is 2. The Balaban J connectivity index is 1.79. The number of Topliss-reactive ketones (excluding diaryl/α,β-unsaturated/α-hetero) is 1. The van der Waals surface area contributed by atoms with Crippen LogP contribution in [-0.2, 0) is 4.79 Å². The number of ether oxygens (including phenoxy) is 1. The molecule has 36 heavy (non-hydrogen) atoms. The van der Waals surface area contributed by atoms with Crippen molar-refractivity contribution in [3.63, 3.8) is 0 Å². The van der Waals surface area contributed by atoms with E-state index in [1.54, 1.807) is 31.2 Å². The summed E-state index contributed by atoms with van der Waals surface area (Å²) in [5.41, 5.74) is 2.29. The maximum atomic E-state index is 13.6. The molecule has 0 aliphatic carbocycles. The number of nitrogens with zero attached hydrogens (tertiary/aromatic N) is 3. The van der Waals surface area contributed by atoms with Crippen LogP contribution in [0.2, 0.25) is 0 Å². The van der Waals surface area contributed by atoms with E-state index in [-0.39, 0.29) is 22.3 Å². The molecule has 2 aromatic carbocycles. The Morgan fingerprint density at radius 2 is 1.64 bits per heavy atom. The first-order valence-corrected chi connectivity index (χ1v) is 11.4. The second kappa shape index (κ2) is 9.73. The summed E-state index contributed by atoms with van der Waals surface area (Å²) < 4.78 is 41.9. The number of ketones is 1. The van der Waals surface area contributed by atoms with E-state index in [2.05, 4.69) is 14.9 Å². The van der Waals surface area contributed by atoms with Crippen LogP contribution < -0.4 is 9.64 Å². The number of amides is 1. The molecule has 10 heteroatoms. The average Bonchev–Trinajstić information content (AvgIpc) is 3.09. The van der Waals surface area contributed by atoms with Gasteiger partial charge in [-0.3, -0.25) is 14.5 Å². The molecule has 2 heterocycles. The Kier molecular flexibility index (Phi) is 6.86. The molecule has 1 aromatic heterocycles. The van der Waals surface area contributed by atoms with E-state index in [9.17, 15) is 22.8 Å². The summed E-state index contributed by atoms with van der Waals surface area (Å²) >= 11 is 6.44. The fraction of sp³-hybridized carbons (Fsp3) is 0.231. The topological polar surface area (TPSA) is 72.4 Å². The minimum Gasteiger partial charge on any atom is -0.406 e. The van der Waals surface area contributed by atoms with Crippen molar-refractivity contribution < 1.29 is 27.5 Å². The van der Waals surface area contributed by atoms with E-state index >= 15 is 0 Å². The highest BCUT2D eigenvalue weighted by Crippen LogP contribution is 2.43. The minimum atomic E-state index is -4.86. The lowest BCUT2D eigenvalue weighted by atomic mass is 9.92. The number of carbonyl (C=O) groups is 2. The summed E-state index contributed by atoms with van der Waals surface area (Å²) in [7, 11) is 0. The first-order valence-electron chi connectivity index (χ1n) is 11.0. The third-order valence-corrected chi connectivity index (χ3v) is 6.08. The minimum absolute atomic E-state index is 0.00849. The Labute approximate surface area is 210 Å². The Morgan fingerprint density at radius 1 is 1.00 bits per heavy atom. The molecule has 1 atom stereocenters. The predicted molar refractivity (Wildman–Crippen MR) is 128 cm³/mol. The Bertz CT molecular complexity index is 1320. The first-order chi connectivity index (χ1) is 17.0. The molecule has 0 saturated heterocycles. The molecule has 0 unspecified atom stereocenters. The number of aryl methyl sites for hydroxylation is 1. The molecule has 0 N–H and O–H groups in total. The third-order valence-electron chi connectivity index (χ3n) is 5.72. The number of benzene rings is 2. The van der Waals surface area contributed by atoms with Gasteiger partial charge in [-0.1, -0.05) is 61.8 Å². The molecule has 1 amide bonds. The SMILES string of the molecule is Cc1ccc(N2C(=O)C(Cl)=C(C(=O)c3ccc(C(C)C)cc3)[C@H]2c2ccc(OC(F)(F)F)cc2)nn1. The van der Waals surface area contributed by atoms with E-state index in [1.165, 1.54) is 17.0 Å². The summed E-state index contributed by atoms with van der Waals surface area (Å²) in [6, 6.07) is 14.0. The van der Waals surface area contributed by atoms with Crippen LogP contribution in [0.4, 0.5) is 19.0 Å². The van der Waals surface area contributed by atoms with Gasteiger partial charge in [0.05, 0.1) is 17.3 Å². The van der Waals surface area contributed by atoms with E-state index in [0.717, 1.165) is 17.7 Å². The van der Waals surface area contributed by atoms with E-state index in [1.807, 2.05) is 26.0 Å². The second-order valence-corrected chi connectivity index (χ2v) is 8.94. The van der Waals surface area contributed by atoms with Crippen molar-refractivity contribution in [1.29, 1.82) is 0 Å². The summed E-state index contributed by atoms with van der Waals surface area (Å²) in [4.78, 5) is 28.1. The van der Waals surface area contributed by atoms with Crippen molar-refractivity contribution in [1.82, 2.24) is 10.2 Å². The number of carbonyl (C=O) groups excluding carboxylic acids is 2. The molecule has 186 valence electrons. The molecule has 4 rings (SSSR count). The maximum Gasteiger partial charge on any atom is 0.573 e. The molecule has 0 spiro atoms. The lowest BCUT2D eigenvalue weighted by Crippen LogP contribution is -2.31. The van der Waals surface area contributed by atoms with Gasteiger partial charge in [0.2, 0.25) is 0 Å². The van der Waals surface area contributed by atoms with Gasteiger partial charge in [0.15, 0.2) is 11.6 Å². The fourth-order valence-electron chi connectivity index (χ4n) is 3.91. The molecule has 0 radical (unpaired) electrons. The molecule has 0 bridgehead atoms. The summed E-state index contributed by atoms with van der Waals surface area (Å²) in [5, 5.41) is 7.76. The van der Waals surface area contributed by atoms with Gasteiger partial charge in [0.1, 0.15) is 10.8 Å². The van der Waals surface area contributed by atoms with Crippen LogP contribution in [0.1, 0.15) is 53.0 Å². The Morgan fingerprint density at radius 3 is 2.17 bits per heavy atom. The van der Waals surface area contributed by atoms with Crippen molar-refractivity contribution in [3.8, 4) is 5.75 Å². The van der Waals surface area contributed by atoms with Crippen LogP contribution in [0.5, 0.6) is 5.75 Å². The molecular formula is C26H21ClF3N3O3. The van der Waals surface area contributed by atoms with Gasteiger partial charge < -0.3 is 4.74 Å². The van der Waals surface area contributed by atoms with Gasteiger partial charge in [0.25, 0.3) is 5.91 Å². The molecule has 6 nitrogen and oxygen atoms in total. The van der Waals surface area contributed by atoms with Gasteiger partial charge in [-0.2, -0.15) is 5.10 Å². The van der Waals surface area contributed by atoms with Gasteiger partial charge in [0, 0.05) is 5.56 Å². The van der Waals surface area contributed by atoms with E-state index in [4.69, 9.17) is 11.6 Å². The zero-order chi connectivity index (χ0) is 26.2. The number of hydrogen-bond donors (Lipinski definition) is 0. The smallest absolute Gasteiger partial charge is 0.406 e. The maximum absolute atomic E-state index is 13.6. The lowest BCUT2D eigenvalue weighted by Gasteiger charge is -2.26. The van der Waals surface area contributed by atoms with Crippen LogP contribution in [0.25, 0.3) is 0 Å². The van der Waals surface area contributed by atoms with Crippen LogP contribution in [0.3, 0.4) is 0 Å². The van der Waals surface area contributed by atoms with Crippen LogP contribution in [0, 0.1) is 6.92 Å². The summed E-state index contributed by atoms with van der Waals surface area (Å²) in [6.07, 6.45) is -4.86. The standard InChI is InChI=1S/C26H21ClF3N3O3/c1-14(2)16-5-7-18(8-6-16)24(34)21-22(27)25(35)33(20-13-4-15(3)31-32-20)23(21)17-9-11-19(12-10-17)36-26(28,29)30/h4-14,23H,1-3H3/t23-/m1/s1. The van der Waals surface area contributed by atoms with Gasteiger partial charge in [-0.25, -0.2) is 0 Å². The molecule has 3 aromatic rings. The van der Waals surface area contributed by atoms with Crippen LogP contribution >= 0.6 is 11.6 Å². The van der Waals surface area contributed by atoms with Crippen molar-refractivity contribution >= 4 is 29.1 Å². The largest absolute Gasteiger partial charge is 0.573 e. The monoisotopic (exact) mass is 515 g/mol. The molecular weight excluding hydrogens is 495 g/mol. The van der Waals surface area contributed by atoms with Crippen molar-refractivity contribution in [2.75, 3.05) is 4.90 Å². The van der Waals surface area contributed by atoms with E-state index < -0.39 is 29.8 Å². The van der Waals surface area contributed by atoms with E-state index in [0.29, 0.717) is 16.8 Å². The number of rotatable bonds is 6. The molecule has 1 aliphatic heterocycles. The van der Waals surface area contributed by atoms with Crippen molar-refractivity contribution in [2.24, 2.45) is 0 Å². The molecule has 0 fully saturated rings. The zero-order valence-corrected chi connectivity index (χ0v) is 20.3. The fourth-order valence-corrected chi connectivity index (χ4v) is 4.19. The van der Waals surface area contributed by atoms with Crippen molar-refractivity contribution in [3.05, 3.63) is 93.7 Å². The first kappa shape index (κ1) is 25.4. The highest BCUT2D eigenvalue weighted by molar-refractivity contribution is 6.48. The van der Waals surface area contributed by atoms with Gasteiger partial charge in [-0.05, 0) is 48.2 Å². The summed E-state index contributed by atoms with van der Waals surface area (Å²) in [5.74, 6) is -1.19.